The monoisotopic (exact) mass is 232 g/mol. The van der Waals surface area contributed by atoms with E-state index < -0.39 is 5.41 Å². The van der Waals surface area contributed by atoms with Crippen molar-refractivity contribution in [2.45, 2.75) is 20.3 Å². The van der Waals surface area contributed by atoms with Gasteiger partial charge in [-0.15, -0.1) is 11.6 Å². The zero-order valence-corrected chi connectivity index (χ0v) is 9.88. The molecule has 2 N–H and O–H groups in total. The van der Waals surface area contributed by atoms with Crippen molar-refractivity contribution in [3.63, 3.8) is 0 Å². The summed E-state index contributed by atoms with van der Waals surface area (Å²) in [7, 11) is 0. The predicted molar refractivity (Wildman–Crippen MR) is 58.4 cm³/mol. The minimum absolute atomic E-state index is 0.00924. The fourth-order valence-corrected chi connectivity index (χ4v) is 1.86. The summed E-state index contributed by atoms with van der Waals surface area (Å²) < 4.78 is 0. The Hall–Kier alpha value is -0.770. The first-order chi connectivity index (χ1) is 6.90. The molecular formula is C10H17ClN2O2. The number of hydrogen-bond donors (Lipinski definition) is 1. The highest BCUT2D eigenvalue weighted by molar-refractivity contribution is 6.19. The fraction of sp³-hybridized carbons (Fsp3) is 0.800. The predicted octanol–water partition coefficient (Wildman–Crippen LogP) is 0.585. The van der Waals surface area contributed by atoms with Crippen LogP contribution in [0.15, 0.2) is 0 Å². The molecule has 0 radical (unpaired) electrons. The number of nitrogens with two attached hydrogens (primary N) is 1. The standard InChI is InChI=1S/C10H17ClN2O2/c1-7(5-11)8(14)13-4-3-10(2,6-13)9(12)15/h7H,3-6H2,1-2H3,(H2,12,15). The smallest absolute Gasteiger partial charge is 0.226 e. The van der Waals surface area contributed by atoms with Crippen LogP contribution in [0.25, 0.3) is 0 Å². The van der Waals surface area contributed by atoms with Crippen molar-refractivity contribution >= 4 is 23.4 Å². The third-order valence-electron chi connectivity index (χ3n) is 3.03. The number of nitrogens with zero attached hydrogens (tertiary/aromatic N) is 1. The minimum Gasteiger partial charge on any atom is -0.369 e. The van der Waals surface area contributed by atoms with Crippen molar-refractivity contribution in [3.05, 3.63) is 0 Å². The summed E-state index contributed by atoms with van der Waals surface area (Å²) in [4.78, 5) is 24.6. The summed E-state index contributed by atoms with van der Waals surface area (Å²) in [6, 6.07) is 0. The summed E-state index contributed by atoms with van der Waals surface area (Å²) in [5, 5.41) is 0. The van der Waals surface area contributed by atoms with Gasteiger partial charge in [0.2, 0.25) is 11.8 Å². The lowest BCUT2D eigenvalue weighted by molar-refractivity contribution is -0.134. The van der Waals surface area contributed by atoms with Crippen molar-refractivity contribution in [3.8, 4) is 0 Å². The first-order valence-electron chi connectivity index (χ1n) is 5.05. The van der Waals surface area contributed by atoms with E-state index in [-0.39, 0.29) is 17.7 Å². The molecule has 0 aromatic heterocycles. The summed E-state index contributed by atoms with van der Waals surface area (Å²) >= 11 is 5.62. The van der Waals surface area contributed by atoms with Crippen LogP contribution in [0.1, 0.15) is 20.3 Å². The van der Waals surface area contributed by atoms with E-state index >= 15 is 0 Å². The molecule has 1 rings (SSSR count). The van der Waals surface area contributed by atoms with Gasteiger partial charge in [-0.3, -0.25) is 9.59 Å². The van der Waals surface area contributed by atoms with Crippen LogP contribution >= 0.6 is 11.6 Å². The van der Waals surface area contributed by atoms with Crippen LogP contribution in [-0.4, -0.2) is 35.7 Å². The largest absolute Gasteiger partial charge is 0.369 e. The Morgan fingerprint density at radius 2 is 2.20 bits per heavy atom. The third-order valence-corrected chi connectivity index (χ3v) is 3.50. The lowest BCUT2D eigenvalue weighted by Gasteiger charge is -2.22. The van der Waals surface area contributed by atoms with Gasteiger partial charge in [0.1, 0.15) is 0 Å². The van der Waals surface area contributed by atoms with Crippen molar-refractivity contribution in [1.82, 2.24) is 4.90 Å². The lowest BCUT2D eigenvalue weighted by atomic mass is 9.89. The van der Waals surface area contributed by atoms with Gasteiger partial charge >= 0.3 is 0 Å². The van der Waals surface area contributed by atoms with Gasteiger partial charge < -0.3 is 10.6 Å². The van der Waals surface area contributed by atoms with Crippen LogP contribution in [0.2, 0.25) is 0 Å². The molecular weight excluding hydrogens is 216 g/mol. The average molecular weight is 233 g/mol. The summed E-state index contributed by atoms with van der Waals surface area (Å²) in [6.07, 6.45) is 0.642. The highest BCUT2D eigenvalue weighted by atomic mass is 35.5. The van der Waals surface area contributed by atoms with E-state index in [1.807, 2.05) is 0 Å². The molecule has 1 aliphatic rings. The molecule has 2 amide bonds. The van der Waals surface area contributed by atoms with Gasteiger partial charge in [-0.1, -0.05) is 6.92 Å². The van der Waals surface area contributed by atoms with Gasteiger partial charge in [0.25, 0.3) is 0 Å². The second-order valence-electron chi connectivity index (χ2n) is 4.49. The van der Waals surface area contributed by atoms with E-state index in [4.69, 9.17) is 17.3 Å². The molecule has 0 bridgehead atoms. The molecule has 1 aliphatic heterocycles. The molecule has 1 saturated heterocycles. The van der Waals surface area contributed by atoms with Crippen molar-refractivity contribution in [2.24, 2.45) is 17.1 Å². The van der Waals surface area contributed by atoms with Gasteiger partial charge in [0.15, 0.2) is 0 Å². The Kier molecular flexibility index (Phi) is 3.60. The Balaban J connectivity index is 2.64. The highest BCUT2D eigenvalue weighted by Crippen LogP contribution is 2.30. The van der Waals surface area contributed by atoms with Gasteiger partial charge in [0, 0.05) is 24.9 Å². The number of primary amides is 1. The van der Waals surface area contributed by atoms with E-state index in [0.29, 0.717) is 25.4 Å². The number of carbonyl (C=O) groups excluding carboxylic acids is 2. The molecule has 2 unspecified atom stereocenters. The molecule has 0 aromatic carbocycles. The van der Waals surface area contributed by atoms with Crippen LogP contribution < -0.4 is 5.73 Å². The number of likely N-dealkylation sites (tertiary alicyclic amines) is 1. The SMILES string of the molecule is CC(CCl)C(=O)N1CCC(C)(C(N)=O)C1. The van der Waals surface area contributed by atoms with E-state index in [1.165, 1.54) is 0 Å². The molecule has 2 atom stereocenters. The number of rotatable bonds is 3. The topological polar surface area (TPSA) is 63.4 Å². The number of carbonyl (C=O) groups is 2. The zero-order chi connectivity index (χ0) is 11.6. The van der Waals surface area contributed by atoms with Crippen LogP contribution in [0.5, 0.6) is 0 Å². The molecule has 1 fully saturated rings. The molecule has 0 saturated carbocycles. The van der Waals surface area contributed by atoms with Crippen LogP contribution in [0.3, 0.4) is 0 Å². The quantitative estimate of drug-likeness (QED) is 0.724. The first kappa shape index (κ1) is 12.3. The Morgan fingerprint density at radius 1 is 1.60 bits per heavy atom. The van der Waals surface area contributed by atoms with Crippen molar-refractivity contribution < 1.29 is 9.59 Å². The van der Waals surface area contributed by atoms with E-state index in [9.17, 15) is 9.59 Å². The fourth-order valence-electron chi connectivity index (χ4n) is 1.73. The van der Waals surface area contributed by atoms with E-state index in [2.05, 4.69) is 0 Å². The van der Waals surface area contributed by atoms with Gasteiger partial charge in [-0.25, -0.2) is 0 Å². The number of halogens is 1. The summed E-state index contributed by atoms with van der Waals surface area (Å²) in [6.45, 7) is 4.60. The molecule has 86 valence electrons. The second-order valence-corrected chi connectivity index (χ2v) is 4.80. The number of alkyl halides is 1. The molecule has 5 heteroatoms. The molecule has 0 aromatic rings. The highest BCUT2D eigenvalue weighted by Gasteiger charge is 2.41. The molecule has 0 aliphatic carbocycles. The van der Waals surface area contributed by atoms with Gasteiger partial charge in [0.05, 0.1) is 5.41 Å². The first-order valence-corrected chi connectivity index (χ1v) is 5.59. The Labute approximate surface area is 94.7 Å². The van der Waals surface area contributed by atoms with Crippen molar-refractivity contribution in [1.29, 1.82) is 0 Å². The Bertz CT molecular complexity index is 283. The normalized spacial score (nSPS) is 27.8. The third kappa shape index (κ3) is 2.43. The van der Waals surface area contributed by atoms with Crippen molar-refractivity contribution in [2.75, 3.05) is 19.0 Å². The average Bonchev–Trinajstić information content (AvgIpc) is 2.60. The maximum atomic E-state index is 11.8. The number of amides is 2. The van der Waals surface area contributed by atoms with E-state index in [0.717, 1.165) is 0 Å². The van der Waals surface area contributed by atoms with Crippen LogP contribution in [0.4, 0.5) is 0 Å². The van der Waals surface area contributed by atoms with E-state index in [1.54, 1.807) is 18.7 Å². The zero-order valence-electron chi connectivity index (χ0n) is 9.12. The Morgan fingerprint density at radius 3 is 2.60 bits per heavy atom. The molecule has 1 heterocycles. The van der Waals surface area contributed by atoms with Gasteiger partial charge in [-0.05, 0) is 13.3 Å². The number of hydrogen-bond acceptors (Lipinski definition) is 2. The van der Waals surface area contributed by atoms with Crippen LogP contribution in [-0.2, 0) is 9.59 Å². The molecule has 0 spiro atoms. The summed E-state index contributed by atoms with van der Waals surface area (Å²) in [5.74, 6) is -0.212. The minimum atomic E-state index is -0.568. The maximum absolute atomic E-state index is 11.8. The second kappa shape index (κ2) is 4.39. The maximum Gasteiger partial charge on any atom is 0.226 e. The summed E-state index contributed by atoms with van der Waals surface area (Å²) in [5.41, 5.74) is 4.73. The van der Waals surface area contributed by atoms with Crippen LogP contribution in [0, 0.1) is 11.3 Å². The lowest BCUT2D eigenvalue weighted by Crippen LogP contribution is -2.40. The molecule has 15 heavy (non-hydrogen) atoms. The molecule has 4 nitrogen and oxygen atoms in total. The van der Waals surface area contributed by atoms with Gasteiger partial charge in [-0.2, -0.15) is 0 Å².